The van der Waals surface area contributed by atoms with E-state index < -0.39 is 0 Å². The maximum absolute atomic E-state index is 13.6. The van der Waals surface area contributed by atoms with Crippen LogP contribution in [0.5, 0.6) is 0 Å². The van der Waals surface area contributed by atoms with Crippen LogP contribution in [0.15, 0.2) is 46.9 Å². The first-order valence-electron chi connectivity index (χ1n) is 6.71. The van der Waals surface area contributed by atoms with Crippen molar-refractivity contribution in [3.05, 3.63) is 63.3 Å². The van der Waals surface area contributed by atoms with Gasteiger partial charge >= 0.3 is 0 Å². The van der Waals surface area contributed by atoms with Crippen molar-refractivity contribution >= 4 is 37.5 Å². The van der Waals surface area contributed by atoms with Crippen molar-refractivity contribution in [1.29, 1.82) is 0 Å². The minimum atomic E-state index is -0.175. The largest absolute Gasteiger partial charge is 0.312 e. The maximum atomic E-state index is 13.6. The van der Waals surface area contributed by atoms with Crippen LogP contribution in [0.25, 0.3) is 10.2 Å². The Morgan fingerprint density at radius 3 is 2.90 bits per heavy atom. The fourth-order valence-electron chi connectivity index (χ4n) is 2.12. The monoisotopic (exact) mass is 364 g/mol. The lowest BCUT2D eigenvalue weighted by Crippen LogP contribution is -2.17. The normalized spacial score (nSPS) is 11.1. The van der Waals surface area contributed by atoms with Crippen molar-refractivity contribution < 1.29 is 4.39 Å². The van der Waals surface area contributed by atoms with Crippen molar-refractivity contribution in [2.75, 3.05) is 6.54 Å². The zero-order valence-corrected chi connectivity index (χ0v) is 13.7. The Bertz CT molecular complexity index is 724. The molecule has 3 rings (SSSR count). The van der Waals surface area contributed by atoms with Crippen LogP contribution >= 0.6 is 27.3 Å². The summed E-state index contributed by atoms with van der Waals surface area (Å²) >= 11 is 5.08. The second-order valence-electron chi connectivity index (χ2n) is 4.74. The van der Waals surface area contributed by atoms with Crippen LogP contribution in [0.2, 0.25) is 0 Å². The Balaban J connectivity index is 1.55. The van der Waals surface area contributed by atoms with Gasteiger partial charge in [-0.25, -0.2) is 9.37 Å². The molecule has 2 aromatic carbocycles. The van der Waals surface area contributed by atoms with Crippen molar-refractivity contribution in [2.24, 2.45) is 0 Å². The lowest BCUT2D eigenvalue weighted by Gasteiger charge is -2.05. The molecule has 0 spiro atoms. The van der Waals surface area contributed by atoms with Gasteiger partial charge in [0, 0.05) is 29.5 Å². The smallest absolute Gasteiger partial charge is 0.127 e. The van der Waals surface area contributed by atoms with E-state index in [0.29, 0.717) is 12.1 Å². The second kappa shape index (κ2) is 6.64. The molecule has 3 aromatic rings. The van der Waals surface area contributed by atoms with E-state index in [1.165, 1.54) is 10.8 Å². The van der Waals surface area contributed by atoms with Gasteiger partial charge in [-0.05, 0) is 30.3 Å². The molecule has 1 aromatic heterocycles. The summed E-state index contributed by atoms with van der Waals surface area (Å²) in [6, 6.07) is 13.1. The Morgan fingerprint density at radius 1 is 1.19 bits per heavy atom. The molecule has 0 amide bonds. The molecule has 2 nitrogen and oxygen atoms in total. The average Bonchev–Trinajstić information content (AvgIpc) is 2.89. The lowest BCUT2D eigenvalue weighted by molar-refractivity contribution is 0.588. The van der Waals surface area contributed by atoms with Gasteiger partial charge < -0.3 is 5.32 Å². The van der Waals surface area contributed by atoms with Gasteiger partial charge in [0.1, 0.15) is 5.82 Å². The number of rotatable bonds is 5. The fourth-order valence-corrected chi connectivity index (χ4v) is 3.50. The molecule has 0 aliphatic heterocycles. The summed E-state index contributed by atoms with van der Waals surface area (Å²) in [5.74, 6) is -0.175. The molecule has 0 saturated heterocycles. The van der Waals surface area contributed by atoms with Gasteiger partial charge in [-0.3, -0.25) is 0 Å². The number of benzene rings is 2. The van der Waals surface area contributed by atoms with Crippen LogP contribution in [0.1, 0.15) is 10.6 Å². The predicted octanol–water partition coefficient (Wildman–Crippen LogP) is 4.53. The van der Waals surface area contributed by atoms with Gasteiger partial charge in [0.05, 0.1) is 15.2 Å². The topological polar surface area (TPSA) is 24.9 Å². The van der Waals surface area contributed by atoms with Gasteiger partial charge in [-0.1, -0.05) is 28.1 Å². The molecule has 0 atom stereocenters. The van der Waals surface area contributed by atoms with Crippen LogP contribution in [0, 0.1) is 5.82 Å². The summed E-state index contributed by atoms with van der Waals surface area (Å²) in [5.41, 5.74) is 1.73. The Morgan fingerprint density at radius 2 is 2.05 bits per heavy atom. The van der Waals surface area contributed by atoms with Crippen molar-refractivity contribution in [2.45, 2.75) is 13.0 Å². The Kier molecular flexibility index (Phi) is 4.63. The number of halogens is 2. The second-order valence-corrected chi connectivity index (χ2v) is 6.77. The van der Waals surface area contributed by atoms with E-state index in [2.05, 4.69) is 32.3 Å². The Hall–Kier alpha value is -1.30. The summed E-state index contributed by atoms with van der Waals surface area (Å²) in [6.07, 6.45) is 0.856. The van der Waals surface area contributed by atoms with Gasteiger partial charge in [-0.15, -0.1) is 11.3 Å². The zero-order chi connectivity index (χ0) is 14.7. The number of nitrogens with zero attached hydrogens (tertiary/aromatic N) is 1. The fraction of sp³-hybridized carbons (Fsp3) is 0.188. The summed E-state index contributed by atoms with van der Waals surface area (Å²) in [6.45, 7) is 1.31. The van der Waals surface area contributed by atoms with E-state index >= 15 is 0 Å². The van der Waals surface area contributed by atoms with E-state index in [9.17, 15) is 4.39 Å². The van der Waals surface area contributed by atoms with Crippen molar-refractivity contribution in [3.8, 4) is 0 Å². The zero-order valence-electron chi connectivity index (χ0n) is 11.3. The van der Waals surface area contributed by atoms with E-state index in [1.54, 1.807) is 23.5 Å². The summed E-state index contributed by atoms with van der Waals surface area (Å²) in [5, 5.41) is 4.38. The van der Waals surface area contributed by atoms with Gasteiger partial charge in [0.2, 0.25) is 0 Å². The quantitative estimate of drug-likeness (QED) is 0.672. The van der Waals surface area contributed by atoms with Crippen molar-refractivity contribution in [3.63, 3.8) is 0 Å². The first-order valence-corrected chi connectivity index (χ1v) is 8.32. The standard InChI is InChI=1S/C16H14BrFN2S/c17-12-5-6-13(18)11(9-12)10-19-8-7-16-20-14-3-1-2-4-15(14)21-16/h1-6,9,19H,7-8,10H2. The molecule has 0 aliphatic rings. The molecule has 1 heterocycles. The minimum Gasteiger partial charge on any atom is -0.312 e. The first kappa shape index (κ1) is 14.6. The third kappa shape index (κ3) is 3.67. The van der Waals surface area contributed by atoms with E-state index in [0.717, 1.165) is 28.0 Å². The average molecular weight is 365 g/mol. The molecule has 0 bridgehead atoms. The van der Waals surface area contributed by atoms with Gasteiger partial charge in [0.15, 0.2) is 0 Å². The number of fused-ring (bicyclic) bond motifs is 1. The van der Waals surface area contributed by atoms with Crippen LogP contribution in [0.3, 0.4) is 0 Å². The molecule has 0 aliphatic carbocycles. The molecular weight excluding hydrogens is 351 g/mol. The molecule has 5 heteroatoms. The number of aromatic nitrogens is 1. The maximum Gasteiger partial charge on any atom is 0.127 e. The highest BCUT2D eigenvalue weighted by Gasteiger charge is 2.04. The third-order valence-electron chi connectivity index (χ3n) is 3.18. The predicted molar refractivity (Wildman–Crippen MR) is 89.1 cm³/mol. The molecule has 0 fully saturated rings. The van der Waals surface area contributed by atoms with Crippen LogP contribution in [-0.4, -0.2) is 11.5 Å². The molecule has 21 heavy (non-hydrogen) atoms. The van der Waals surface area contributed by atoms with Crippen LogP contribution in [-0.2, 0) is 13.0 Å². The van der Waals surface area contributed by atoms with E-state index in [-0.39, 0.29) is 5.82 Å². The molecule has 1 N–H and O–H groups in total. The summed E-state index contributed by atoms with van der Waals surface area (Å²) in [4.78, 5) is 4.59. The number of para-hydroxylation sites is 1. The SMILES string of the molecule is Fc1ccc(Br)cc1CNCCc1nc2ccccc2s1. The lowest BCUT2D eigenvalue weighted by atomic mass is 10.2. The molecule has 0 unspecified atom stereocenters. The van der Waals surface area contributed by atoms with E-state index in [1.807, 2.05) is 18.2 Å². The number of nitrogens with one attached hydrogen (secondary N) is 1. The van der Waals surface area contributed by atoms with Crippen LogP contribution in [0.4, 0.5) is 4.39 Å². The molecule has 0 saturated carbocycles. The third-order valence-corrected chi connectivity index (χ3v) is 4.77. The van der Waals surface area contributed by atoms with E-state index in [4.69, 9.17) is 0 Å². The summed E-state index contributed by atoms with van der Waals surface area (Å²) in [7, 11) is 0. The molecular formula is C16H14BrFN2S. The number of hydrogen-bond acceptors (Lipinski definition) is 3. The summed E-state index contributed by atoms with van der Waals surface area (Å²) < 4.78 is 15.7. The first-order chi connectivity index (χ1) is 10.2. The molecule has 0 radical (unpaired) electrons. The highest BCUT2D eigenvalue weighted by Crippen LogP contribution is 2.21. The minimum absolute atomic E-state index is 0.175. The van der Waals surface area contributed by atoms with Crippen LogP contribution < -0.4 is 5.32 Å². The number of thiazole rings is 1. The highest BCUT2D eigenvalue weighted by molar-refractivity contribution is 9.10. The highest BCUT2D eigenvalue weighted by atomic mass is 79.9. The van der Waals surface area contributed by atoms with Gasteiger partial charge in [-0.2, -0.15) is 0 Å². The molecule has 108 valence electrons. The Labute approximate surface area is 135 Å². The van der Waals surface area contributed by atoms with Gasteiger partial charge in [0.25, 0.3) is 0 Å². The van der Waals surface area contributed by atoms with Crippen molar-refractivity contribution in [1.82, 2.24) is 10.3 Å². The number of hydrogen-bond donors (Lipinski definition) is 1.